The van der Waals surface area contributed by atoms with E-state index < -0.39 is 6.10 Å². The van der Waals surface area contributed by atoms with Gasteiger partial charge in [0.05, 0.1) is 23.3 Å². The fraction of sp³-hybridized carbons (Fsp3) is 0.250. The number of halogens is 2. The molecule has 1 aliphatic rings. The van der Waals surface area contributed by atoms with Gasteiger partial charge in [-0.05, 0) is 47.4 Å². The molecule has 0 amide bonds. The molecule has 0 aliphatic heterocycles. The van der Waals surface area contributed by atoms with Gasteiger partial charge < -0.3 is 9.84 Å². The number of benzene rings is 2. The summed E-state index contributed by atoms with van der Waals surface area (Å²) in [6.07, 6.45) is 0.181. The molecular formula is C16H14Cl2O2. The van der Waals surface area contributed by atoms with Gasteiger partial charge in [0.2, 0.25) is 0 Å². The zero-order chi connectivity index (χ0) is 14.3. The van der Waals surface area contributed by atoms with Gasteiger partial charge in [-0.2, -0.15) is 0 Å². The van der Waals surface area contributed by atoms with Crippen LogP contribution in [0.2, 0.25) is 10.0 Å². The Morgan fingerprint density at radius 3 is 2.55 bits per heavy atom. The summed E-state index contributed by atoms with van der Waals surface area (Å²) in [7, 11) is 1.62. The van der Waals surface area contributed by atoms with Crippen molar-refractivity contribution in [2.75, 3.05) is 7.11 Å². The number of hydrogen-bond donors (Lipinski definition) is 1. The molecule has 104 valence electrons. The first kappa shape index (κ1) is 13.7. The smallest absolute Gasteiger partial charge is 0.119 e. The average Bonchev–Trinajstić information content (AvgIpc) is 2.79. The van der Waals surface area contributed by atoms with Crippen molar-refractivity contribution in [2.45, 2.75) is 18.4 Å². The summed E-state index contributed by atoms with van der Waals surface area (Å²) in [5.41, 5.74) is 3.12. The van der Waals surface area contributed by atoms with Gasteiger partial charge in [-0.1, -0.05) is 35.3 Å². The highest BCUT2D eigenvalue weighted by Gasteiger charge is 2.31. The van der Waals surface area contributed by atoms with Crippen LogP contribution in [0.3, 0.4) is 0 Å². The van der Waals surface area contributed by atoms with Crippen LogP contribution in [0.4, 0.5) is 0 Å². The maximum atomic E-state index is 10.2. The number of methoxy groups -OCH3 is 1. The maximum Gasteiger partial charge on any atom is 0.119 e. The highest BCUT2D eigenvalue weighted by atomic mass is 35.5. The van der Waals surface area contributed by atoms with E-state index in [-0.39, 0.29) is 5.92 Å². The van der Waals surface area contributed by atoms with Crippen LogP contribution in [-0.4, -0.2) is 12.2 Å². The first-order chi connectivity index (χ1) is 9.60. The lowest BCUT2D eigenvalue weighted by Crippen LogP contribution is -1.96. The second-order valence-corrected chi connectivity index (χ2v) is 5.79. The molecule has 0 fully saturated rings. The second-order valence-electron chi connectivity index (χ2n) is 4.97. The van der Waals surface area contributed by atoms with Crippen molar-refractivity contribution in [3.8, 4) is 5.75 Å². The number of rotatable bonds is 2. The molecule has 0 heterocycles. The minimum atomic E-state index is -0.473. The number of aliphatic hydroxyl groups excluding tert-OH is 1. The van der Waals surface area contributed by atoms with Crippen LogP contribution in [0.1, 0.15) is 35.1 Å². The van der Waals surface area contributed by atoms with E-state index in [0.29, 0.717) is 16.5 Å². The summed E-state index contributed by atoms with van der Waals surface area (Å²) in [6.45, 7) is 0. The summed E-state index contributed by atoms with van der Waals surface area (Å²) in [5.74, 6) is 0.901. The molecule has 0 saturated carbocycles. The van der Waals surface area contributed by atoms with E-state index >= 15 is 0 Å². The SMILES string of the molecule is COc1ccc2c(c1)[C@H](O)C[C@H]2c1ccc(Cl)c(Cl)c1. The Labute approximate surface area is 127 Å². The molecule has 2 aromatic rings. The molecule has 4 heteroatoms. The van der Waals surface area contributed by atoms with Crippen molar-refractivity contribution in [2.24, 2.45) is 0 Å². The van der Waals surface area contributed by atoms with E-state index in [9.17, 15) is 5.11 Å². The zero-order valence-electron chi connectivity index (χ0n) is 10.9. The van der Waals surface area contributed by atoms with Crippen LogP contribution < -0.4 is 4.74 Å². The summed E-state index contributed by atoms with van der Waals surface area (Å²) >= 11 is 12.0. The molecule has 0 aromatic heterocycles. The topological polar surface area (TPSA) is 29.5 Å². The van der Waals surface area contributed by atoms with Crippen molar-refractivity contribution < 1.29 is 9.84 Å². The van der Waals surface area contributed by atoms with Gasteiger partial charge in [-0.25, -0.2) is 0 Å². The minimum absolute atomic E-state index is 0.140. The van der Waals surface area contributed by atoms with Gasteiger partial charge in [0.25, 0.3) is 0 Å². The second kappa shape index (κ2) is 5.28. The highest BCUT2D eigenvalue weighted by molar-refractivity contribution is 6.42. The lowest BCUT2D eigenvalue weighted by molar-refractivity contribution is 0.176. The highest BCUT2D eigenvalue weighted by Crippen LogP contribution is 2.45. The first-order valence-electron chi connectivity index (χ1n) is 6.41. The average molecular weight is 309 g/mol. The number of ether oxygens (including phenoxy) is 1. The van der Waals surface area contributed by atoms with Crippen molar-refractivity contribution in [1.82, 2.24) is 0 Å². The molecule has 0 bridgehead atoms. The normalized spacial score (nSPS) is 20.8. The molecule has 1 N–H and O–H groups in total. The third-order valence-electron chi connectivity index (χ3n) is 3.83. The predicted molar refractivity (Wildman–Crippen MR) is 80.9 cm³/mol. The first-order valence-corrected chi connectivity index (χ1v) is 7.16. The maximum absolute atomic E-state index is 10.2. The molecule has 2 nitrogen and oxygen atoms in total. The van der Waals surface area contributed by atoms with E-state index in [4.69, 9.17) is 27.9 Å². The number of aliphatic hydroxyl groups is 1. The minimum Gasteiger partial charge on any atom is -0.497 e. The molecule has 0 saturated heterocycles. The van der Waals surface area contributed by atoms with Gasteiger partial charge in [0.15, 0.2) is 0 Å². The van der Waals surface area contributed by atoms with Crippen molar-refractivity contribution in [1.29, 1.82) is 0 Å². The molecule has 1 aliphatic carbocycles. The van der Waals surface area contributed by atoms with Crippen molar-refractivity contribution in [3.63, 3.8) is 0 Å². The number of fused-ring (bicyclic) bond motifs is 1. The molecule has 20 heavy (non-hydrogen) atoms. The van der Waals surface area contributed by atoms with E-state index in [0.717, 1.165) is 22.4 Å². The molecule has 2 aromatic carbocycles. The fourth-order valence-corrected chi connectivity index (χ4v) is 3.11. The Kier molecular flexibility index (Phi) is 3.63. The van der Waals surface area contributed by atoms with Gasteiger partial charge >= 0.3 is 0 Å². The molecule has 2 atom stereocenters. The van der Waals surface area contributed by atoms with Crippen LogP contribution in [0.15, 0.2) is 36.4 Å². The Morgan fingerprint density at radius 2 is 1.85 bits per heavy atom. The Morgan fingerprint density at radius 1 is 1.05 bits per heavy atom. The van der Waals surface area contributed by atoms with E-state index in [2.05, 4.69) is 0 Å². The zero-order valence-corrected chi connectivity index (χ0v) is 12.4. The Bertz CT molecular complexity index is 655. The van der Waals surface area contributed by atoms with E-state index in [1.54, 1.807) is 13.2 Å². The van der Waals surface area contributed by atoms with Crippen LogP contribution in [0, 0.1) is 0 Å². The van der Waals surface area contributed by atoms with Crippen LogP contribution in [0.25, 0.3) is 0 Å². The molecule has 0 spiro atoms. The quantitative estimate of drug-likeness (QED) is 0.880. The van der Waals surface area contributed by atoms with E-state index in [1.807, 2.05) is 30.3 Å². The van der Waals surface area contributed by atoms with Gasteiger partial charge in [0, 0.05) is 5.92 Å². The van der Waals surface area contributed by atoms with Crippen LogP contribution in [0.5, 0.6) is 5.75 Å². The van der Waals surface area contributed by atoms with Crippen LogP contribution in [-0.2, 0) is 0 Å². The largest absolute Gasteiger partial charge is 0.497 e. The summed E-state index contributed by atoms with van der Waals surface area (Å²) in [6, 6.07) is 11.5. The Balaban J connectivity index is 2.04. The monoisotopic (exact) mass is 308 g/mol. The predicted octanol–water partition coefficient (Wildman–Crippen LogP) is 4.57. The van der Waals surface area contributed by atoms with Crippen molar-refractivity contribution in [3.05, 3.63) is 63.1 Å². The van der Waals surface area contributed by atoms with Gasteiger partial charge in [-0.3, -0.25) is 0 Å². The standard InChI is InChI=1S/C16H14Cl2O2/c1-20-10-3-4-11-12(8-16(19)13(11)7-10)9-2-5-14(17)15(18)6-9/h2-7,12,16,19H,8H2,1H3/t12-,16+/m0/s1. The fourth-order valence-electron chi connectivity index (χ4n) is 2.81. The van der Waals surface area contributed by atoms with E-state index in [1.165, 1.54) is 0 Å². The molecule has 0 radical (unpaired) electrons. The summed E-state index contributed by atoms with van der Waals surface area (Å²) in [5, 5.41) is 11.3. The Hall–Kier alpha value is -1.22. The lowest BCUT2D eigenvalue weighted by atomic mass is 9.93. The number of hydrogen-bond acceptors (Lipinski definition) is 2. The van der Waals surface area contributed by atoms with Crippen LogP contribution >= 0.6 is 23.2 Å². The summed E-state index contributed by atoms with van der Waals surface area (Å²) < 4.78 is 5.21. The molecule has 0 unspecified atom stereocenters. The summed E-state index contributed by atoms with van der Waals surface area (Å²) in [4.78, 5) is 0. The molecule has 3 rings (SSSR count). The third kappa shape index (κ3) is 2.28. The third-order valence-corrected chi connectivity index (χ3v) is 4.57. The van der Waals surface area contributed by atoms with Gasteiger partial charge in [-0.15, -0.1) is 0 Å². The van der Waals surface area contributed by atoms with Gasteiger partial charge in [0.1, 0.15) is 5.75 Å². The molecular weight excluding hydrogens is 295 g/mol. The lowest BCUT2D eigenvalue weighted by Gasteiger charge is -2.13. The van der Waals surface area contributed by atoms with Crippen molar-refractivity contribution >= 4 is 23.2 Å².